The molecule has 3 N–H and O–H groups in total. The Hall–Kier alpha value is -0.960. The van der Waals surface area contributed by atoms with Crippen LogP contribution >= 0.6 is 0 Å². The number of nitrogens with two attached hydrogens (primary N) is 1. The molecule has 1 saturated carbocycles. The molecule has 1 aromatic heterocycles. The molecule has 3 rings (SSSR count). The van der Waals surface area contributed by atoms with Crippen molar-refractivity contribution in [1.82, 2.24) is 9.88 Å². The van der Waals surface area contributed by atoms with Gasteiger partial charge in [0.1, 0.15) is 10.6 Å². The minimum atomic E-state index is -3.68. The van der Waals surface area contributed by atoms with Crippen LogP contribution in [0.2, 0.25) is 0 Å². The van der Waals surface area contributed by atoms with E-state index in [0.717, 1.165) is 6.42 Å². The molecule has 0 spiro atoms. The standard InChI is InChI=1S/C11H17N3O4S/c1-5-11(6(2)18-13-5)19(15,16)14-9-8(12)7-3-4-17-10(7)9/h7-10,14H,3-4,12H2,1-2H3/t7-,8+,9-,10-/m1/s1. The maximum absolute atomic E-state index is 12.4. The zero-order valence-electron chi connectivity index (χ0n) is 10.8. The summed E-state index contributed by atoms with van der Waals surface area (Å²) in [5.74, 6) is 0.541. The van der Waals surface area contributed by atoms with Crippen LogP contribution in [0.5, 0.6) is 0 Å². The Morgan fingerprint density at radius 3 is 2.79 bits per heavy atom. The molecule has 2 aliphatic rings. The first kappa shape index (κ1) is 13.0. The molecule has 0 amide bonds. The number of hydrogen-bond donors (Lipinski definition) is 2. The second kappa shape index (κ2) is 4.27. The Morgan fingerprint density at radius 1 is 1.42 bits per heavy atom. The quantitative estimate of drug-likeness (QED) is 0.789. The number of nitrogens with zero attached hydrogens (tertiary/aromatic N) is 1. The highest BCUT2D eigenvalue weighted by atomic mass is 32.2. The van der Waals surface area contributed by atoms with Crippen molar-refractivity contribution in [2.75, 3.05) is 6.61 Å². The van der Waals surface area contributed by atoms with Crippen LogP contribution in [0.4, 0.5) is 0 Å². The predicted molar refractivity (Wildman–Crippen MR) is 65.9 cm³/mol. The molecule has 1 aromatic rings. The van der Waals surface area contributed by atoms with E-state index in [1.165, 1.54) is 0 Å². The largest absolute Gasteiger partial charge is 0.376 e. The molecule has 1 aliphatic heterocycles. The summed E-state index contributed by atoms with van der Waals surface area (Å²) < 4.78 is 37.7. The predicted octanol–water partition coefficient (Wildman–Crippen LogP) is -0.316. The molecule has 19 heavy (non-hydrogen) atoms. The molecular formula is C11H17N3O4S. The summed E-state index contributed by atoms with van der Waals surface area (Å²) in [4.78, 5) is 0.0983. The Morgan fingerprint density at radius 2 is 2.16 bits per heavy atom. The molecule has 4 atom stereocenters. The van der Waals surface area contributed by atoms with Crippen molar-refractivity contribution >= 4 is 10.0 Å². The van der Waals surface area contributed by atoms with E-state index >= 15 is 0 Å². The van der Waals surface area contributed by atoms with E-state index in [1.807, 2.05) is 0 Å². The van der Waals surface area contributed by atoms with Gasteiger partial charge in [-0.1, -0.05) is 5.16 Å². The van der Waals surface area contributed by atoms with E-state index in [1.54, 1.807) is 13.8 Å². The Balaban J connectivity index is 1.83. The summed E-state index contributed by atoms with van der Waals surface area (Å²) in [6.45, 7) is 3.82. The fourth-order valence-electron chi connectivity index (χ4n) is 2.99. The van der Waals surface area contributed by atoms with Gasteiger partial charge in [0, 0.05) is 18.6 Å². The van der Waals surface area contributed by atoms with Gasteiger partial charge in [0.05, 0.1) is 12.1 Å². The van der Waals surface area contributed by atoms with Crippen LogP contribution in [0.25, 0.3) is 0 Å². The van der Waals surface area contributed by atoms with E-state index in [9.17, 15) is 8.42 Å². The van der Waals surface area contributed by atoms with Gasteiger partial charge in [0.25, 0.3) is 0 Å². The number of nitrogens with one attached hydrogen (secondary N) is 1. The number of fused-ring (bicyclic) bond motifs is 1. The van der Waals surface area contributed by atoms with Gasteiger partial charge in [-0.25, -0.2) is 13.1 Å². The number of aryl methyl sites for hydroxylation is 2. The first-order valence-electron chi connectivity index (χ1n) is 6.24. The Labute approximate surface area is 111 Å². The van der Waals surface area contributed by atoms with E-state index < -0.39 is 10.0 Å². The second-order valence-electron chi connectivity index (χ2n) is 5.17. The summed E-state index contributed by atoms with van der Waals surface area (Å²) in [6, 6.07) is -0.561. The van der Waals surface area contributed by atoms with Gasteiger partial charge in [-0.2, -0.15) is 0 Å². The van der Waals surface area contributed by atoms with Crippen LogP contribution in [0.15, 0.2) is 9.42 Å². The summed E-state index contributed by atoms with van der Waals surface area (Å²) in [5, 5.41) is 3.66. The first-order chi connectivity index (χ1) is 8.92. The maximum atomic E-state index is 12.4. The summed E-state index contributed by atoms with van der Waals surface area (Å²) in [7, 11) is -3.68. The highest BCUT2D eigenvalue weighted by Gasteiger charge is 2.53. The first-order valence-corrected chi connectivity index (χ1v) is 7.72. The molecule has 0 bridgehead atoms. The van der Waals surface area contributed by atoms with Crippen LogP contribution in [0.3, 0.4) is 0 Å². The van der Waals surface area contributed by atoms with Gasteiger partial charge in [-0.15, -0.1) is 0 Å². The van der Waals surface area contributed by atoms with Gasteiger partial charge in [0.2, 0.25) is 10.0 Å². The maximum Gasteiger partial charge on any atom is 0.246 e. The number of ether oxygens (including phenoxy) is 1. The number of aromatic nitrogens is 1. The minimum absolute atomic E-state index is 0.0983. The molecule has 0 radical (unpaired) electrons. The SMILES string of the molecule is Cc1noc(C)c1S(=O)(=O)N[C@@H]1[C@@H](N)[C@H]2CCO[C@H]21. The summed E-state index contributed by atoms with van der Waals surface area (Å²) >= 11 is 0. The van der Waals surface area contributed by atoms with Crippen molar-refractivity contribution in [1.29, 1.82) is 0 Å². The Bertz CT molecular complexity index is 578. The van der Waals surface area contributed by atoms with Gasteiger partial charge >= 0.3 is 0 Å². The van der Waals surface area contributed by atoms with Crippen LogP contribution in [0, 0.1) is 19.8 Å². The molecule has 0 unspecified atom stereocenters. The minimum Gasteiger partial charge on any atom is -0.376 e. The average Bonchev–Trinajstić information content (AvgIpc) is 2.91. The normalized spacial score (nSPS) is 34.1. The van der Waals surface area contributed by atoms with E-state index in [0.29, 0.717) is 12.3 Å². The molecule has 1 saturated heterocycles. The zero-order valence-corrected chi connectivity index (χ0v) is 11.6. The number of sulfonamides is 1. The van der Waals surface area contributed by atoms with E-state index in [2.05, 4.69) is 9.88 Å². The number of rotatable bonds is 3. The van der Waals surface area contributed by atoms with Crippen LogP contribution in [-0.2, 0) is 14.8 Å². The summed E-state index contributed by atoms with van der Waals surface area (Å²) in [6.07, 6.45) is 0.792. The highest BCUT2D eigenvalue weighted by Crippen LogP contribution is 2.38. The molecule has 1 aliphatic carbocycles. The lowest BCUT2D eigenvalue weighted by molar-refractivity contribution is -0.00925. The van der Waals surface area contributed by atoms with Crippen molar-refractivity contribution < 1.29 is 17.7 Å². The van der Waals surface area contributed by atoms with Crippen molar-refractivity contribution in [2.45, 2.75) is 43.4 Å². The topological polar surface area (TPSA) is 107 Å². The third kappa shape index (κ3) is 1.90. The van der Waals surface area contributed by atoms with Gasteiger partial charge in [-0.3, -0.25) is 0 Å². The third-order valence-corrected chi connectivity index (χ3v) is 5.68. The lowest BCUT2D eigenvalue weighted by Gasteiger charge is -2.45. The van der Waals surface area contributed by atoms with Gasteiger partial charge < -0.3 is 15.0 Å². The highest BCUT2D eigenvalue weighted by molar-refractivity contribution is 7.89. The summed E-state index contributed by atoms with van der Waals surface area (Å²) in [5.41, 5.74) is 6.35. The molecule has 8 heteroatoms. The van der Waals surface area contributed by atoms with Crippen molar-refractivity contribution in [3.63, 3.8) is 0 Å². The number of hydrogen-bond acceptors (Lipinski definition) is 6. The van der Waals surface area contributed by atoms with E-state index in [-0.39, 0.29) is 34.8 Å². The fraction of sp³-hybridized carbons (Fsp3) is 0.727. The molecular weight excluding hydrogens is 270 g/mol. The smallest absolute Gasteiger partial charge is 0.246 e. The average molecular weight is 287 g/mol. The monoisotopic (exact) mass is 287 g/mol. The Kier molecular flexibility index (Phi) is 2.93. The molecule has 0 aromatic carbocycles. The zero-order chi connectivity index (χ0) is 13.8. The fourth-order valence-corrected chi connectivity index (χ4v) is 4.60. The molecule has 7 nitrogen and oxygen atoms in total. The second-order valence-corrected chi connectivity index (χ2v) is 6.82. The molecule has 2 heterocycles. The molecule has 106 valence electrons. The van der Waals surface area contributed by atoms with Crippen molar-refractivity contribution in [3.8, 4) is 0 Å². The van der Waals surface area contributed by atoms with Crippen molar-refractivity contribution in [2.24, 2.45) is 11.7 Å². The third-order valence-electron chi connectivity index (χ3n) is 3.97. The lowest BCUT2D eigenvalue weighted by Crippen LogP contribution is -2.68. The van der Waals surface area contributed by atoms with Crippen molar-refractivity contribution in [3.05, 3.63) is 11.5 Å². The van der Waals surface area contributed by atoms with Crippen LogP contribution in [-0.4, -0.2) is 38.4 Å². The van der Waals surface area contributed by atoms with Crippen LogP contribution < -0.4 is 10.5 Å². The molecule has 2 fully saturated rings. The van der Waals surface area contributed by atoms with Gasteiger partial charge in [0.15, 0.2) is 5.76 Å². The van der Waals surface area contributed by atoms with Crippen LogP contribution in [0.1, 0.15) is 17.9 Å². The van der Waals surface area contributed by atoms with Gasteiger partial charge in [-0.05, 0) is 20.3 Å². The lowest BCUT2D eigenvalue weighted by atomic mass is 9.73. The van der Waals surface area contributed by atoms with E-state index in [4.69, 9.17) is 15.0 Å².